The van der Waals surface area contributed by atoms with Crippen LogP contribution in [0.2, 0.25) is 0 Å². The van der Waals surface area contributed by atoms with E-state index in [9.17, 15) is 19.2 Å². The number of carbonyl (C=O) groups excluding carboxylic acids is 4. The van der Waals surface area contributed by atoms with E-state index in [1.54, 1.807) is 41.9 Å². The summed E-state index contributed by atoms with van der Waals surface area (Å²) in [6, 6.07) is 14.8. The number of thiophene rings is 1. The molecule has 4 aromatic rings. The van der Waals surface area contributed by atoms with Gasteiger partial charge in [0.05, 0.1) is 24.0 Å². The molecule has 0 saturated carbocycles. The van der Waals surface area contributed by atoms with E-state index in [1.165, 1.54) is 0 Å². The number of carbonyl (C=O) groups is 4. The fourth-order valence-corrected chi connectivity index (χ4v) is 7.29. The topological polar surface area (TPSA) is 101 Å². The van der Waals surface area contributed by atoms with Crippen LogP contribution in [0.15, 0.2) is 65.5 Å². The van der Waals surface area contributed by atoms with Gasteiger partial charge in [-0.1, -0.05) is 30.3 Å². The third-order valence-electron chi connectivity index (χ3n) is 8.67. The van der Waals surface area contributed by atoms with Crippen LogP contribution in [-0.4, -0.2) is 46.4 Å². The zero-order valence-corrected chi connectivity index (χ0v) is 27.6. The molecule has 3 amide bonds. The second-order valence-corrected chi connectivity index (χ2v) is 14.0. The van der Waals surface area contributed by atoms with Gasteiger partial charge in [-0.2, -0.15) is 11.3 Å². The number of anilines is 2. The van der Waals surface area contributed by atoms with E-state index in [-0.39, 0.29) is 30.4 Å². The fourth-order valence-electron chi connectivity index (χ4n) is 6.63. The third-order valence-corrected chi connectivity index (χ3v) is 9.40. The van der Waals surface area contributed by atoms with Crippen molar-refractivity contribution in [1.29, 1.82) is 0 Å². The van der Waals surface area contributed by atoms with Crippen molar-refractivity contribution in [2.45, 2.75) is 71.1 Å². The smallest absolute Gasteiger partial charge is 0.408 e. The number of nitrogens with one attached hydrogen (secondary N) is 1. The second-order valence-electron chi connectivity index (χ2n) is 13.2. The average Bonchev–Trinajstić information content (AvgIpc) is 3.75. The molecule has 1 unspecified atom stereocenters. The molecule has 6 rings (SSSR count). The lowest BCUT2D eigenvalue weighted by atomic mass is 9.85. The van der Waals surface area contributed by atoms with E-state index >= 15 is 0 Å². The molecule has 46 heavy (non-hydrogen) atoms. The van der Waals surface area contributed by atoms with Crippen LogP contribution in [0.25, 0.3) is 10.9 Å². The number of amides is 3. The molecule has 1 saturated heterocycles. The first-order valence-electron chi connectivity index (χ1n) is 15.8. The summed E-state index contributed by atoms with van der Waals surface area (Å²) >= 11 is 1.56. The highest BCUT2D eigenvalue weighted by atomic mass is 32.1. The van der Waals surface area contributed by atoms with Gasteiger partial charge in [0, 0.05) is 55.9 Å². The predicted octanol–water partition coefficient (Wildman–Crippen LogP) is 6.17. The molecule has 4 heterocycles. The van der Waals surface area contributed by atoms with Crippen molar-refractivity contribution < 1.29 is 23.9 Å². The molecule has 1 fully saturated rings. The highest BCUT2D eigenvalue weighted by Gasteiger charge is 2.39. The molecule has 2 aromatic carbocycles. The lowest BCUT2D eigenvalue weighted by Crippen LogP contribution is -2.47. The Kier molecular flexibility index (Phi) is 8.74. The summed E-state index contributed by atoms with van der Waals surface area (Å²) in [6.45, 7) is 6.29. The maximum atomic E-state index is 14.3. The lowest BCUT2D eigenvalue weighted by molar-refractivity contribution is -0.129. The van der Waals surface area contributed by atoms with Crippen molar-refractivity contribution in [2.24, 2.45) is 13.0 Å². The third kappa shape index (κ3) is 6.58. The van der Waals surface area contributed by atoms with Crippen molar-refractivity contribution in [3.63, 3.8) is 0 Å². The maximum Gasteiger partial charge on any atom is 0.408 e. The Balaban J connectivity index is 1.31. The van der Waals surface area contributed by atoms with Gasteiger partial charge < -0.3 is 24.4 Å². The molecular weight excluding hydrogens is 600 g/mol. The molecule has 0 spiro atoms. The molecule has 0 aliphatic carbocycles. The standard InChI is InChI=1S/C36H40N4O5S/c1-36(2,3)45-35(44)37-28(18-26-21-38(4)29-11-6-5-10-27(26)29)31(41)19-25-17-24-9-7-12-30(39-15-8-13-32(39)42)33(24)40(34(25)43)20-23-14-16-46-22-23/h5-7,9-12,14,16,21-22,25,28H,8,13,15,17-20H2,1-4H3,(H,37,44)/t25?,28-/m1/s1. The van der Waals surface area contributed by atoms with Crippen LogP contribution in [0.5, 0.6) is 0 Å². The van der Waals surface area contributed by atoms with Crippen LogP contribution in [-0.2, 0) is 45.6 Å². The fraction of sp³-hybridized carbons (Fsp3) is 0.389. The number of alkyl carbamates (subject to hydrolysis) is 1. The summed E-state index contributed by atoms with van der Waals surface area (Å²) < 4.78 is 7.55. The van der Waals surface area contributed by atoms with Gasteiger partial charge in [-0.25, -0.2) is 4.79 Å². The largest absolute Gasteiger partial charge is 0.444 e. The van der Waals surface area contributed by atoms with Gasteiger partial charge in [0.1, 0.15) is 5.60 Å². The minimum Gasteiger partial charge on any atom is -0.444 e. The van der Waals surface area contributed by atoms with Crippen LogP contribution in [0, 0.1) is 5.92 Å². The van der Waals surface area contributed by atoms with Crippen molar-refractivity contribution in [3.05, 3.63) is 82.2 Å². The number of aromatic nitrogens is 1. The number of fused-ring (bicyclic) bond motifs is 2. The van der Waals surface area contributed by atoms with Gasteiger partial charge in [0.25, 0.3) is 0 Å². The molecule has 1 N–H and O–H groups in total. The zero-order valence-electron chi connectivity index (χ0n) is 26.7. The van der Waals surface area contributed by atoms with Crippen LogP contribution in [0.1, 0.15) is 56.7 Å². The molecule has 2 aliphatic heterocycles. The zero-order chi connectivity index (χ0) is 32.6. The Morgan fingerprint density at radius 3 is 2.61 bits per heavy atom. The number of Topliss-reactive ketones (excluding diaryl/α,β-unsaturated/α-hetero) is 1. The number of aryl methyl sites for hydroxylation is 1. The van der Waals surface area contributed by atoms with E-state index < -0.39 is 23.7 Å². The number of hydrogen-bond donors (Lipinski definition) is 1. The van der Waals surface area contributed by atoms with Crippen LogP contribution in [0.4, 0.5) is 16.2 Å². The molecule has 0 radical (unpaired) electrons. The summed E-state index contributed by atoms with van der Waals surface area (Å²) in [6.07, 6.45) is 3.15. The second kappa shape index (κ2) is 12.7. The highest BCUT2D eigenvalue weighted by molar-refractivity contribution is 7.07. The van der Waals surface area contributed by atoms with E-state index in [4.69, 9.17) is 4.74 Å². The normalized spacial score (nSPS) is 17.3. The van der Waals surface area contributed by atoms with Gasteiger partial charge in [0.2, 0.25) is 11.8 Å². The Hall–Kier alpha value is -4.44. The molecule has 2 aliphatic rings. The number of ether oxygens (including phenoxy) is 1. The van der Waals surface area contributed by atoms with Crippen molar-refractivity contribution >= 4 is 57.3 Å². The van der Waals surface area contributed by atoms with Gasteiger partial charge in [0.15, 0.2) is 5.78 Å². The first-order valence-corrected chi connectivity index (χ1v) is 16.7. The molecule has 9 nitrogen and oxygen atoms in total. The molecule has 10 heteroatoms. The van der Waals surface area contributed by atoms with Gasteiger partial charge in [-0.15, -0.1) is 0 Å². The number of para-hydroxylation sites is 2. The predicted molar refractivity (Wildman–Crippen MR) is 180 cm³/mol. The summed E-state index contributed by atoms with van der Waals surface area (Å²) in [5.41, 5.74) is 4.61. The number of benzene rings is 2. The summed E-state index contributed by atoms with van der Waals surface area (Å²) in [4.78, 5) is 57.8. The van der Waals surface area contributed by atoms with Crippen molar-refractivity contribution in [3.8, 4) is 0 Å². The molecule has 0 bridgehead atoms. The van der Waals surface area contributed by atoms with Crippen molar-refractivity contribution in [2.75, 3.05) is 16.3 Å². The molecule has 2 aromatic heterocycles. The minimum atomic E-state index is -0.895. The Morgan fingerprint density at radius 1 is 1.09 bits per heavy atom. The lowest BCUT2D eigenvalue weighted by Gasteiger charge is -2.37. The van der Waals surface area contributed by atoms with Gasteiger partial charge in [-0.3, -0.25) is 14.4 Å². The SMILES string of the molecule is Cn1cc(C[C@@H](NC(=O)OC(C)(C)C)C(=O)CC2Cc3cccc(N4CCCC4=O)c3N(Cc3ccsc3)C2=O)c2ccccc21. The first-order chi connectivity index (χ1) is 22.0. The Bertz CT molecular complexity index is 1790. The van der Waals surface area contributed by atoms with Crippen LogP contribution < -0.4 is 15.1 Å². The quantitative estimate of drug-likeness (QED) is 0.236. The monoisotopic (exact) mass is 640 g/mol. The number of nitrogens with zero attached hydrogens (tertiary/aromatic N) is 3. The Labute approximate surface area is 273 Å². The summed E-state index contributed by atoms with van der Waals surface area (Å²) in [5, 5.41) is 7.82. The van der Waals surface area contributed by atoms with Crippen LogP contribution in [0.3, 0.4) is 0 Å². The van der Waals surface area contributed by atoms with E-state index in [1.807, 2.05) is 77.1 Å². The number of rotatable bonds is 9. The van der Waals surface area contributed by atoms with Crippen molar-refractivity contribution in [1.82, 2.24) is 9.88 Å². The molecule has 2 atom stereocenters. The number of ketones is 1. The highest BCUT2D eigenvalue weighted by Crippen LogP contribution is 2.42. The van der Waals surface area contributed by atoms with E-state index in [0.717, 1.165) is 45.4 Å². The maximum absolute atomic E-state index is 14.3. The van der Waals surface area contributed by atoms with E-state index in [2.05, 4.69) is 5.32 Å². The Morgan fingerprint density at radius 2 is 1.89 bits per heavy atom. The summed E-state index contributed by atoms with van der Waals surface area (Å²) in [7, 11) is 1.95. The molecular formula is C36H40N4O5S. The minimum absolute atomic E-state index is 0.0451. The average molecular weight is 641 g/mol. The molecule has 240 valence electrons. The van der Waals surface area contributed by atoms with E-state index in [0.29, 0.717) is 25.9 Å². The van der Waals surface area contributed by atoms with Gasteiger partial charge >= 0.3 is 6.09 Å². The van der Waals surface area contributed by atoms with Gasteiger partial charge in [-0.05, 0) is 79.3 Å². The summed E-state index contributed by atoms with van der Waals surface area (Å²) in [5.74, 6) is -0.967. The first kappa shape index (κ1) is 31.5. The number of hydrogen-bond acceptors (Lipinski definition) is 6. The van der Waals surface area contributed by atoms with Crippen LogP contribution >= 0.6 is 11.3 Å².